The summed E-state index contributed by atoms with van der Waals surface area (Å²) in [5, 5.41) is 6.16. The number of nitrogens with one attached hydrogen (secondary N) is 2. The summed E-state index contributed by atoms with van der Waals surface area (Å²) in [5.41, 5.74) is 2.37. The van der Waals surface area contributed by atoms with E-state index < -0.39 is 0 Å². The van der Waals surface area contributed by atoms with Gasteiger partial charge in [0.05, 0.1) is 0 Å². The molecule has 1 fully saturated rings. The van der Waals surface area contributed by atoms with E-state index in [1.165, 1.54) is 5.57 Å². The summed E-state index contributed by atoms with van der Waals surface area (Å²) in [6, 6.07) is 0. The average molecular weight is 224 g/mol. The van der Waals surface area contributed by atoms with E-state index in [-0.39, 0.29) is 11.3 Å². The van der Waals surface area contributed by atoms with Crippen molar-refractivity contribution < 1.29 is 4.79 Å². The average Bonchev–Trinajstić information content (AvgIpc) is 2.08. The fourth-order valence-corrected chi connectivity index (χ4v) is 1.36. The van der Waals surface area contributed by atoms with E-state index in [9.17, 15) is 4.79 Å². The van der Waals surface area contributed by atoms with Crippen LogP contribution in [0.2, 0.25) is 0 Å². The van der Waals surface area contributed by atoms with E-state index in [2.05, 4.69) is 38.3 Å². The van der Waals surface area contributed by atoms with Crippen LogP contribution in [-0.4, -0.2) is 25.5 Å². The van der Waals surface area contributed by atoms with Crippen molar-refractivity contribution in [3.05, 3.63) is 11.1 Å². The fraction of sp³-hybridized carbons (Fsp3) is 0.769. The van der Waals surface area contributed by atoms with Gasteiger partial charge in [0, 0.05) is 25.2 Å². The van der Waals surface area contributed by atoms with Crippen molar-refractivity contribution in [2.75, 3.05) is 19.6 Å². The lowest BCUT2D eigenvalue weighted by Crippen LogP contribution is -2.39. The topological polar surface area (TPSA) is 41.1 Å². The number of rotatable bonds is 3. The second-order valence-electron chi connectivity index (χ2n) is 5.81. The maximum atomic E-state index is 11.8. The standard InChI is InChI=1S/C13H24N2O/c1-9(13(3,4)5)6-15-12(16)10(2)11-7-14-8-11/h9,14H,6-8H2,1-5H3,(H,15,16). The Balaban J connectivity index is 2.41. The van der Waals surface area contributed by atoms with Crippen LogP contribution in [0.5, 0.6) is 0 Å². The maximum Gasteiger partial charge on any atom is 0.246 e. The molecule has 0 saturated carbocycles. The zero-order chi connectivity index (χ0) is 12.3. The Hall–Kier alpha value is -0.830. The molecule has 0 aromatic heterocycles. The van der Waals surface area contributed by atoms with Gasteiger partial charge in [-0.2, -0.15) is 0 Å². The summed E-state index contributed by atoms with van der Waals surface area (Å²) in [7, 11) is 0. The first-order valence-electron chi connectivity index (χ1n) is 6.00. The van der Waals surface area contributed by atoms with Gasteiger partial charge < -0.3 is 10.6 Å². The zero-order valence-electron chi connectivity index (χ0n) is 11.1. The van der Waals surface area contributed by atoms with Gasteiger partial charge in [0.2, 0.25) is 5.91 Å². The predicted octanol–water partition coefficient (Wildman–Crippen LogP) is 1.70. The van der Waals surface area contributed by atoms with Crippen molar-refractivity contribution in [2.45, 2.75) is 34.6 Å². The van der Waals surface area contributed by atoms with E-state index in [4.69, 9.17) is 0 Å². The van der Waals surface area contributed by atoms with Crippen molar-refractivity contribution in [3.63, 3.8) is 0 Å². The third-order valence-electron chi connectivity index (χ3n) is 3.59. The molecule has 0 radical (unpaired) electrons. The summed E-state index contributed by atoms with van der Waals surface area (Å²) in [4.78, 5) is 11.8. The molecule has 1 aliphatic heterocycles. The molecule has 16 heavy (non-hydrogen) atoms. The second-order valence-corrected chi connectivity index (χ2v) is 5.81. The highest BCUT2D eigenvalue weighted by atomic mass is 16.1. The van der Waals surface area contributed by atoms with E-state index in [1.54, 1.807) is 0 Å². The van der Waals surface area contributed by atoms with E-state index in [0.29, 0.717) is 5.92 Å². The molecule has 2 N–H and O–H groups in total. The van der Waals surface area contributed by atoms with E-state index >= 15 is 0 Å². The monoisotopic (exact) mass is 224 g/mol. The fourth-order valence-electron chi connectivity index (χ4n) is 1.36. The minimum atomic E-state index is 0.0904. The third kappa shape index (κ3) is 3.34. The highest BCUT2D eigenvalue weighted by molar-refractivity contribution is 5.93. The molecular formula is C13H24N2O. The lowest BCUT2D eigenvalue weighted by molar-refractivity contribution is -0.117. The summed E-state index contributed by atoms with van der Waals surface area (Å²) in [6.45, 7) is 13.2. The third-order valence-corrected chi connectivity index (χ3v) is 3.59. The van der Waals surface area contributed by atoms with Gasteiger partial charge in [0.25, 0.3) is 0 Å². The minimum Gasteiger partial charge on any atom is -0.352 e. The van der Waals surface area contributed by atoms with Crippen LogP contribution in [0.25, 0.3) is 0 Å². The van der Waals surface area contributed by atoms with Gasteiger partial charge in [0.15, 0.2) is 0 Å². The number of hydrogen-bond acceptors (Lipinski definition) is 2. The molecule has 0 aliphatic carbocycles. The van der Waals surface area contributed by atoms with Crippen molar-refractivity contribution in [3.8, 4) is 0 Å². The molecular weight excluding hydrogens is 200 g/mol. The van der Waals surface area contributed by atoms with Crippen LogP contribution >= 0.6 is 0 Å². The summed E-state index contributed by atoms with van der Waals surface area (Å²) in [6.07, 6.45) is 0. The van der Waals surface area contributed by atoms with Crippen LogP contribution in [0, 0.1) is 11.3 Å². The second kappa shape index (κ2) is 5.00. The Morgan fingerprint density at radius 2 is 2.00 bits per heavy atom. The number of carbonyl (C=O) groups excluding carboxylic acids is 1. The molecule has 0 spiro atoms. The predicted molar refractivity (Wildman–Crippen MR) is 67.2 cm³/mol. The molecule has 1 atom stereocenters. The smallest absolute Gasteiger partial charge is 0.246 e. The number of carbonyl (C=O) groups is 1. The van der Waals surface area contributed by atoms with Gasteiger partial charge in [-0.05, 0) is 23.8 Å². The van der Waals surface area contributed by atoms with E-state index in [1.807, 2.05) is 6.92 Å². The summed E-state index contributed by atoms with van der Waals surface area (Å²) >= 11 is 0. The van der Waals surface area contributed by atoms with Crippen molar-refractivity contribution >= 4 is 5.91 Å². The highest BCUT2D eigenvalue weighted by Gasteiger charge is 2.21. The molecule has 92 valence electrons. The molecule has 1 saturated heterocycles. The molecule has 0 aromatic carbocycles. The molecule has 1 rings (SSSR count). The Morgan fingerprint density at radius 3 is 2.38 bits per heavy atom. The Labute approximate surface area is 98.7 Å². The first-order chi connectivity index (χ1) is 7.32. The van der Waals surface area contributed by atoms with Crippen LogP contribution in [0.3, 0.4) is 0 Å². The SMILES string of the molecule is CC(C(=O)NCC(C)C(C)(C)C)=C1CNC1. The lowest BCUT2D eigenvalue weighted by Gasteiger charge is -2.28. The molecule has 3 nitrogen and oxygen atoms in total. The van der Waals surface area contributed by atoms with Crippen LogP contribution in [0.15, 0.2) is 11.1 Å². The zero-order valence-corrected chi connectivity index (χ0v) is 11.1. The van der Waals surface area contributed by atoms with Gasteiger partial charge in [0.1, 0.15) is 0 Å². The Kier molecular flexibility index (Phi) is 4.14. The van der Waals surface area contributed by atoms with Gasteiger partial charge >= 0.3 is 0 Å². The number of hydrogen-bond donors (Lipinski definition) is 2. The summed E-state index contributed by atoms with van der Waals surface area (Å²) < 4.78 is 0. The maximum absolute atomic E-state index is 11.8. The van der Waals surface area contributed by atoms with Crippen LogP contribution in [-0.2, 0) is 4.79 Å². The molecule has 1 heterocycles. The largest absolute Gasteiger partial charge is 0.352 e. The molecule has 1 amide bonds. The van der Waals surface area contributed by atoms with Crippen molar-refractivity contribution in [1.82, 2.24) is 10.6 Å². The van der Waals surface area contributed by atoms with E-state index in [0.717, 1.165) is 25.2 Å². The quantitative estimate of drug-likeness (QED) is 0.716. The van der Waals surface area contributed by atoms with Crippen molar-refractivity contribution in [2.24, 2.45) is 11.3 Å². The normalized spacial score (nSPS) is 17.7. The number of amides is 1. The van der Waals surface area contributed by atoms with Gasteiger partial charge in [-0.15, -0.1) is 0 Å². The van der Waals surface area contributed by atoms with Gasteiger partial charge in [-0.25, -0.2) is 0 Å². The van der Waals surface area contributed by atoms with Crippen molar-refractivity contribution in [1.29, 1.82) is 0 Å². The first-order valence-corrected chi connectivity index (χ1v) is 6.00. The lowest BCUT2D eigenvalue weighted by atomic mass is 9.82. The Morgan fingerprint density at radius 1 is 1.44 bits per heavy atom. The van der Waals surface area contributed by atoms with Gasteiger partial charge in [-0.3, -0.25) is 4.79 Å². The summed E-state index contributed by atoms with van der Waals surface area (Å²) in [5.74, 6) is 0.571. The molecule has 1 aliphatic rings. The molecule has 0 bridgehead atoms. The van der Waals surface area contributed by atoms with Crippen LogP contribution < -0.4 is 10.6 Å². The van der Waals surface area contributed by atoms with Crippen LogP contribution in [0.4, 0.5) is 0 Å². The van der Waals surface area contributed by atoms with Crippen LogP contribution in [0.1, 0.15) is 34.6 Å². The first kappa shape index (κ1) is 13.2. The highest BCUT2D eigenvalue weighted by Crippen LogP contribution is 2.24. The Bertz CT molecular complexity index is 294. The molecule has 0 aromatic rings. The molecule has 3 heteroatoms. The van der Waals surface area contributed by atoms with Gasteiger partial charge in [-0.1, -0.05) is 27.7 Å². The minimum absolute atomic E-state index is 0.0904. The molecule has 1 unspecified atom stereocenters.